The fraction of sp³-hybridized carbons (Fsp3) is 0.0909. The SMILES string of the molecule is C#C/C(=C/c1ccccc1)OS(=O)(=O)C(F)(F)F. The Hall–Kier alpha value is -1.94. The van der Waals surface area contributed by atoms with E-state index in [1.165, 1.54) is 12.1 Å². The lowest BCUT2D eigenvalue weighted by Crippen LogP contribution is -2.25. The highest BCUT2D eigenvalue weighted by Crippen LogP contribution is 2.26. The third-order valence-corrected chi connectivity index (χ3v) is 2.69. The quantitative estimate of drug-likeness (QED) is 0.369. The van der Waals surface area contributed by atoms with Gasteiger partial charge in [0.1, 0.15) is 0 Å². The molecule has 0 aliphatic rings. The highest BCUT2D eigenvalue weighted by molar-refractivity contribution is 7.87. The zero-order chi connectivity index (χ0) is 13.8. The van der Waals surface area contributed by atoms with Crippen molar-refractivity contribution >= 4 is 16.2 Å². The maximum atomic E-state index is 12.1. The van der Waals surface area contributed by atoms with Crippen LogP contribution in [-0.4, -0.2) is 13.9 Å². The fourth-order valence-electron chi connectivity index (χ4n) is 0.956. The lowest BCUT2D eigenvalue weighted by molar-refractivity contribution is -0.0518. The predicted molar refractivity (Wildman–Crippen MR) is 59.3 cm³/mol. The Labute approximate surface area is 102 Å². The van der Waals surface area contributed by atoms with Gasteiger partial charge in [-0.1, -0.05) is 30.3 Å². The number of hydrogen-bond donors (Lipinski definition) is 0. The summed E-state index contributed by atoms with van der Waals surface area (Å²) >= 11 is 0. The van der Waals surface area contributed by atoms with E-state index in [1.54, 1.807) is 24.1 Å². The molecular formula is C11H7F3O3S. The topological polar surface area (TPSA) is 43.4 Å². The van der Waals surface area contributed by atoms with E-state index in [1.807, 2.05) is 0 Å². The first-order valence-corrected chi connectivity index (χ1v) is 5.91. The molecular weight excluding hydrogens is 269 g/mol. The first-order chi connectivity index (χ1) is 8.26. The Bertz CT molecular complexity index is 580. The van der Waals surface area contributed by atoms with Crippen LogP contribution in [0.3, 0.4) is 0 Å². The fourth-order valence-corrected chi connectivity index (χ4v) is 1.38. The van der Waals surface area contributed by atoms with Gasteiger partial charge in [0.15, 0.2) is 5.76 Å². The van der Waals surface area contributed by atoms with E-state index in [0.717, 1.165) is 6.08 Å². The summed E-state index contributed by atoms with van der Waals surface area (Å²) in [4.78, 5) is 0. The summed E-state index contributed by atoms with van der Waals surface area (Å²) < 4.78 is 61.5. The number of alkyl halides is 3. The Morgan fingerprint density at radius 1 is 1.28 bits per heavy atom. The Balaban J connectivity index is 3.02. The molecule has 0 heterocycles. The Kier molecular flexibility index (Phi) is 4.03. The molecule has 0 bridgehead atoms. The molecule has 0 fully saturated rings. The minimum absolute atomic E-state index is 0.419. The monoisotopic (exact) mass is 276 g/mol. The van der Waals surface area contributed by atoms with Gasteiger partial charge in [-0.2, -0.15) is 21.6 Å². The van der Waals surface area contributed by atoms with Crippen molar-refractivity contribution in [2.75, 3.05) is 0 Å². The standard InChI is InChI=1S/C11H7F3O3S/c1-2-10(8-9-6-4-3-5-7-9)17-18(15,16)11(12,13)14/h1,3-8H/b10-8-. The third-order valence-electron chi connectivity index (χ3n) is 1.72. The number of hydrogen-bond acceptors (Lipinski definition) is 3. The average molecular weight is 276 g/mol. The van der Waals surface area contributed by atoms with Crippen molar-refractivity contribution < 1.29 is 25.8 Å². The first kappa shape index (κ1) is 14.1. The van der Waals surface area contributed by atoms with Crippen molar-refractivity contribution in [3.63, 3.8) is 0 Å². The summed E-state index contributed by atoms with van der Waals surface area (Å²) in [5.41, 5.74) is -5.09. The zero-order valence-electron chi connectivity index (χ0n) is 8.81. The highest BCUT2D eigenvalue weighted by atomic mass is 32.2. The van der Waals surface area contributed by atoms with Gasteiger partial charge in [-0.3, -0.25) is 0 Å². The van der Waals surface area contributed by atoms with Crippen LogP contribution in [-0.2, 0) is 14.3 Å². The van der Waals surface area contributed by atoms with E-state index >= 15 is 0 Å². The molecule has 96 valence electrons. The van der Waals surface area contributed by atoms with Crippen molar-refractivity contribution in [1.29, 1.82) is 0 Å². The van der Waals surface area contributed by atoms with E-state index in [9.17, 15) is 21.6 Å². The number of halogens is 3. The van der Waals surface area contributed by atoms with Gasteiger partial charge in [0, 0.05) is 0 Å². The molecule has 7 heteroatoms. The lowest BCUT2D eigenvalue weighted by Gasteiger charge is -2.08. The maximum absolute atomic E-state index is 12.1. The highest BCUT2D eigenvalue weighted by Gasteiger charge is 2.48. The van der Waals surface area contributed by atoms with Crippen molar-refractivity contribution in [1.82, 2.24) is 0 Å². The van der Waals surface area contributed by atoms with Crippen LogP contribution in [0, 0.1) is 12.3 Å². The molecule has 3 nitrogen and oxygen atoms in total. The smallest absolute Gasteiger partial charge is 0.367 e. The van der Waals surface area contributed by atoms with Crippen molar-refractivity contribution in [2.24, 2.45) is 0 Å². The molecule has 0 saturated carbocycles. The van der Waals surface area contributed by atoms with Gasteiger partial charge in [-0.25, -0.2) is 0 Å². The molecule has 0 saturated heterocycles. The van der Waals surface area contributed by atoms with Crippen molar-refractivity contribution in [3.05, 3.63) is 41.7 Å². The molecule has 1 aromatic rings. The van der Waals surface area contributed by atoms with Gasteiger partial charge < -0.3 is 4.18 Å². The molecule has 0 aliphatic carbocycles. The molecule has 0 spiro atoms. The molecule has 0 aromatic heterocycles. The van der Waals surface area contributed by atoms with Crippen molar-refractivity contribution in [2.45, 2.75) is 5.51 Å². The van der Waals surface area contributed by atoms with Crippen LogP contribution in [0.15, 0.2) is 36.1 Å². The van der Waals surface area contributed by atoms with Crippen LogP contribution < -0.4 is 0 Å². The lowest BCUT2D eigenvalue weighted by atomic mass is 10.2. The van der Waals surface area contributed by atoms with Crippen LogP contribution in [0.2, 0.25) is 0 Å². The van der Waals surface area contributed by atoms with E-state index in [-0.39, 0.29) is 0 Å². The van der Waals surface area contributed by atoms with Gasteiger partial charge in [-0.15, -0.1) is 6.42 Å². The van der Waals surface area contributed by atoms with E-state index in [2.05, 4.69) is 4.18 Å². The molecule has 0 radical (unpaired) electrons. The molecule has 0 N–H and O–H groups in total. The van der Waals surface area contributed by atoms with Gasteiger partial charge in [0.2, 0.25) is 0 Å². The molecule has 0 unspecified atom stereocenters. The molecule has 0 atom stereocenters. The second kappa shape index (κ2) is 5.14. The van der Waals surface area contributed by atoms with E-state index in [4.69, 9.17) is 6.42 Å². The summed E-state index contributed by atoms with van der Waals surface area (Å²) in [6, 6.07) is 7.96. The maximum Gasteiger partial charge on any atom is 0.534 e. The summed E-state index contributed by atoms with van der Waals surface area (Å²) in [7, 11) is -5.74. The van der Waals surface area contributed by atoms with Gasteiger partial charge in [-0.05, 0) is 17.6 Å². The zero-order valence-corrected chi connectivity index (χ0v) is 9.62. The second-order valence-corrected chi connectivity index (χ2v) is 4.58. The summed E-state index contributed by atoms with van der Waals surface area (Å²) in [6.07, 6.45) is 5.91. The van der Waals surface area contributed by atoms with E-state index in [0.29, 0.717) is 5.56 Å². The summed E-state index contributed by atoms with van der Waals surface area (Å²) in [5.74, 6) is 1.00. The number of benzene rings is 1. The van der Waals surface area contributed by atoms with E-state index < -0.39 is 21.4 Å². The van der Waals surface area contributed by atoms with Gasteiger partial charge in [0.25, 0.3) is 0 Å². The average Bonchev–Trinajstić information content (AvgIpc) is 2.27. The van der Waals surface area contributed by atoms with Gasteiger partial charge in [0.05, 0.1) is 0 Å². The number of terminal acetylenes is 1. The third kappa shape index (κ3) is 3.53. The molecule has 18 heavy (non-hydrogen) atoms. The summed E-state index contributed by atoms with van der Waals surface area (Å²) in [6.45, 7) is 0. The largest absolute Gasteiger partial charge is 0.534 e. The van der Waals surface area contributed by atoms with Gasteiger partial charge >= 0.3 is 15.6 Å². The normalized spacial score (nSPS) is 12.9. The predicted octanol–water partition coefficient (Wildman–Crippen LogP) is 2.53. The Morgan fingerprint density at radius 3 is 2.28 bits per heavy atom. The van der Waals surface area contributed by atoms with Crippen LogP contribution in [0.4, 0.5) is 13.2 Å². The minimum Gasteiger partial charge on any atom is -0.367 e. The summed E-state index contributed by atoms with van der Waals surface area (Å²) in [5, 5.41) is 0. The van der Waals surface area contributed by atoms with Crippen LogP contribution in [0.25, 0.3) is 6.08 Å². The molecule has 1 rings (SSSR count). The number of allylic oxidation sites excluding steroid dienone is 1. The van der Waals surface area contributed by atoms with Crippen LogP contribution in [0.5, 0.6) is 0 Å². The Morgan fingerprint density at radius 2 is 1.83 bits per heavy atom. The molecule has 0 amide bonds. The number of rotatable bonds is 3. The van der Waals surface area contributed by atoms with Crippen molar-refractivity contribution in [3.8, 4) is 12.3 Å². The molecule has 0 aliphatic heterocycles. The van der Waals surface area contributed by atoms with Crippen LogP contribution in [0.1, 0.15) is 5.56 Å². The molecule has 1 aromatic carbocycles. The second-order valence-electron chi connectivity index (χ2n) is 3.05. The minimum atomic E-state index is -5.74. The van der Waals surface area contributed by atoms with Crippen LogP contribution >= 0.6 is 0 Å². The first-order valence-electron chi connectivity index (χ1n) is 4.50.